The lowest BCUT2D eigenvalue weighted by atomic mass is 9.80. The molecular formula is C12H20N2O4. The van der Waals surface area contributed by atoms with Crippen LogP contribution in [0.3, 0.4) is 0 Å². The summed E-state index contributed by atoms with van der Waals surface area (Å²) in [6.45, 7) is 1.15. The predicted molar refractivity (Wildman–Crippen MR) is 63.6 cm³/mol. The van der Waals surface area contributed by atoms with E-state index in [1.54, 1.807) is 0 Å². The molecule has 1 rings (SSSR count). The van der Waals surface area contributed by atoms with Crippen LogP contribution in [0.4, 0.5) is 0 Å². The molecule has 102 valence electrons. The average molecular weight is 256 g/mol. The Morgan fingerprint density at radius 2 is 2.28 bits per heavy atom. The number of nitrogens with zero attached hydrogens (tertiary/aromatic N) is 1. The first-order valence-electron chi connectivity index (χ1n) is 6.08. The van der Waals surface area contributed by atoms with Gasteiger partial charge in [0.05, 0.1) is 18.7 Å². The standard InChI is InChI=1S/C12H20N2O4/c1-17-8-10(2-5-15)14-11(16)12(9-13)3-6-18-7-4-12/h10,15H,2-8H2,1H3,(H,14,16). The molecule has 18 heavy (non-hydrogen) atoms. The molecule has 6 nitrogen and oxygen atoms in total. The third kappa shape index (κ3) is 3.67. The van der Waals surface area contributed by atoms with Gasteiger partial charge >= 0.3 is 0 Å². The summed E-state index contributed by atoms with van der Waals surface area (Å²) in [4.78, 5) is 12.2. The van der Waals surface area contributed by atoms with Gasteiger partial charge in [-0.2, -0.15) is 5.26 Å². The number of methoxy groups -OCH3 is 1. The van der Waals surface area contributed by atoms with E-state index in [4.69, 9.17) is 14.6 Å². The second-order valence-corrected chi connectivity index (χ2v) is 4.44. The van der Waals surface area contributed by atoms with Crippen LogP contribution in [-0.2, 0) is 14.3 Å². The van der Waals surface area contributed by atoms with Gasteiger partial charge in [0, 0.05) is 26.9 Å². The molecule has 1 atom stereocenters. The van der Waals surface area contributed by atoms with E-state index in [2.05, 4.69) is 11.4 Å². The van der Waals surface area contributed by atoms with Gasteiger partial charge in [-0.1, -0.05) is 0 Å². The van der Waals surface area contributed by atoms with Crippen LogP contribution in [0.5, 0.6) is 0 Å². The Balaban J connectivity index is 2.63. The van der Waals surface area contributed by atoms with Gasteiger partial charge in [0.15, 0.2) is 0 Å². The number of hydrogen-bond acceptors (Lipinski definition) is 5. The number of rotatable bonds is 6. The van der Waals surface area contributed by atoms with Crippen molar-refractivity contribution >= 4 is 5.91 Å². The maximum absolute atomic E-state index is 12.2. The second kappa shape index (κ2) is 7.31. The Morgan fingerprint density at radius 1 is 1.61 bits per heavy atom. The fourth-order valence-electron chi connectivity index (χ4n) is 1.99. The Hall–Kier alpha value is -1.16. The molecule has 0 bridgehead atoms. The number of carbonyl (C=O) groups is 1. The van der Waals surface area contributed by atoms with Gasteiger partial charge in [0.2, 0.25) is 5.91 Å². The number of aliphatic hydroxyl groups is 1. The number of carbonyl (C=O) groups excluding carboxylic acids is 1. The van der Waals surface area contributed by atoms with Crippen LogP contribution in [-0.4, -0.2) is 50.6 Å². The van der Waals surface area contributed by atoms with E-state index in [1.807, 2.05) is 0 Å². The number of nitrogens with one attached hydrogen (secondary N) is 1. The highest BCUT2D eigenvalue weighted by atomic mass is 16.5. The monoisotopic (exact) mass is 256 g/mol. The van der Waals surface area contributed by atoms with Crippen molar-refractivity contribution in [3.8, 4) is 6.07 Å². The number of ether oxygens (including phenoxy) is 2. The third-order valence-electron chi connectivity index (χ3n) is 3.18. The quantitative estimate of drug-likeness (QED) is 0.688. The van der Waals surface area contributed by atoms with Crippen LogP contribution in [0.25, 0.3) is 0 Å². The molecule has 0 aromatic heterocycles. The molecule has 1 heterocycles. The van der Waals surface area contributed by atoms with Gasteiger partial charge < -0.3 is 19.9 Å². The van der Waals surface area contributed by atoms with Crippen LogP contribution in [0.15, 0.2) is 0 Å². The van der Waals surface area contributed by atoms with Crippen molar-refractivity contribution in [1.82, 2.24) is 5.32 Å². The summed E-state index contributed by atoms with van der Waals surface area (Å²) < 4.78 is 10.2. The highest BCUT2D eigenvalue weighted by Gasteiger charge is 2.41. The van der Waals surface area contributed by atoms with Crippen molar-refractivity contribution in [2.45, 2.75) is 25.3 Å². The van der Waals surface area contributed by atoms with E-state index in [1.165, 1.54) is 7.11 Å². The Bertz CT molecular complexity index is 302. The Labute approximate surface area is 107 Å². The van der Waals surface area contributed by atoms with Gasteiger partial charge in [-0.15, -0.1) is 0 Å². The zero-order valence-electron chi connectivity index (χ0n) is 10.6. The fraction of sp³-hybridized carbons (Fsp3) is 0.833. The van der Waals surface area contributed by atoms with E-state index in [0.29, 0.717) is 39.1 Å². The van der Waals surface area contributed by atoms with Crippen LogP contribution < -0.4 is 5.32 Å². The molecule has 1 fully saturated rings. The predicted octanol–water partition coefficient (Wildman–Crippen LogP) is -0.180. The largest absolute Gasteiger partial charge is 0.396 e. The number of aliphatic hydroxyl groups excluding tert-OH is 1. The van der Waals surface area contributed by atoms with Crippen molar-refractivity contribution in [2.24, 2.45) is 5.41 Å². The zero-order valence-corrected chi connectivity index (χ0v) is 10.6. The highest BCUT2D eigenvalue weighted by Crippen LogP contribution is 2.30. The van der Waals surface area contributed by atoms with E-state index in [0.717, 1.165) is 0 Å². The molecule has 1 unspecified atom stereocenters. The summed E-state index contributed by atoms with van der Waals surface area (Å²) >= 11 is 0. The topological polar surface area (TPSA) is 91.6 Å². The first-order valence-corrected chi connectivity index (χ1v) is 6.08. The third-order valence-corrected chi connectivity index (χ3v) is 3.18. The number of nitriles is 1. The highest BCUT2D eigenvalue weighted by molar-refractivity contribution is 5.85. The molecule has 0 saturated carbocycles. The van der Waals surface area contributed by atoms with Gasteiger partial charge in [0.1, 0.15) is 5.41 Å². The second-order valence-electron chi connectivity index (χ2n) is 4.44. The van der Waals surface area contributed by atoms with Gasteiger partial charge in [-0.05, 0) is 19.3 Å². The zero-order chi connectivity index (χ0) is 13.4. The molecule has 2 N–H and O–H groups in total. The molecule has 0 aromatic carbocycles. The molecule has 1 saturated heterocycles. The van der Waals surface area contributed by atoms with Crippen LogP contribution >= 0.6 is 0 Å². The minimum Gasteiger partial charge on any atom is -0.396 e. The summed E-state index contributed by atoms with van der Waals surface area (Å²) in [6, 6.07) is 1.85. The number of amides is 1. The lowest BCUT2D eigenvalue weighted by Gasteiger charge is -2.31. The molecule has 1 aliphatic heterocycles. The van der Waals surface area contributed by atoms with Crippen LogP contribution in [0.2, 0.25) is 0 Å². The van der Waals surface area contributed by atoms with Crippen molar-refractivity contribution < 1.29 is 19.4 Å². The van der Waals surface area contributed by atoms with E-state index in [-0.39, 0.29) is 18.6 Å². The Kier molecular flexibility index (Phi) is 6.05. The maximum Gasteiger partial charge on any atom is 0.240 e. The minimum absolute atomic E-state index is 0.0308. The summed E-state index contributed by atoms with van der Waals surface area (Å²) in [5, 5.41) is 20.9. The summed E-state index contributed by atoms with van der Waals surface area (Å²) in [5.74, 6) is -0.288. The van der Waals surface area contributed by atoms with Crippen molar-refractivity contribution in [2.75, 3.05) is 33.5 Å². The van der Waals surface area contributed by atoms with Crippen LogP contribution in [0, 0.1) is 16.7 Å². The SMILES string of the molecule is COCC(CCO)NC(=O)C1(C#N)CCOCC1. The molecule has 0 spiro atoms. The normalized spacial score (nSPS) is 19.8. The summed E-state index contributed by atoms with van der Waals surface area (Å²) in [6.07, 6.45) is 1.24. The first kappa shape index (κ1) is 14.9. The minimum atomic E-state index is -1.00. The molecule has 0 aromatic rings. The summed E-state index contributed by atoms with van der Waals surface area (Å²) in [7, 11) is 1.53. The number of hydrogen-bond donors (Lipinski definition) is 2. The van der Waals surface area contributed by atoms with Gasteiger partial charge in [-0.25, -0.2) is 0 Å². The molecular weight excluding hydrogens is 236 g/mol. The molecule has 1 amide bonds. The average Bonchev–Trinajstić information content (AvgIpc) is 2.40. The molecule has 6 heteroatoms. The van der Waals surface area contributed by atoms with Crippen molar-refractivity contribution in [3.05, 3.63) is 0 Å². The van der Waals surface area contributed by atoms with Gasteiger partial charge in [0.25, 0.3) is 0 Å². The van der Waals surface area contributed by atoms with E-state index in [9.17, 15) is 10.1 Å². The van der Waals surface area contributed by atoms with Gasteiger partial charge in [-0.3, -0.25) is 4.79 Å². The Morgan fingerprint density at radius 3 is 2.78 bits per heavy atom. The molecule has 1 aliphatic rings. The summed E-state index contributed by atoms with van der Waals surface area (Å²) in [5.41, 5.74) is -1.00. The van der Waals surface area contributed by atoms with E-state index >= 15 is 0 Å². The lowest BCUT2D eigenvalue weighted by Crippen LogP contribution is -2.49. The molecule has 0 radical (unpaired) electrons. The fourth-order valence-corrected chi connectivity index (χ4v) is 1.99. The van der Waals surface area contributed by atoms with Crippen molar-refractivity contribution in [1.29, 1.82) is 5.26 Å². The molecule has 0 aliphatic carbocycles. The maximum atomic E-state index is 12.2. The first-order chi connectivity index (χ1) is 8.68. The van der Waals surface area contributed by atoms with Crippen molar-refractivity contribution in [3.63, 3.8) is 0 Å². The van der Waals surface area contributed by atoms with E-state index < -0.39 is 5.41 Å². The van der Waals surface area contributed by atoms with Crippen LogP contribution in [0.1, 0.15) is 19.3 Å². The lowest BCUT2D eigenvalue weighted by molar-refractivity contribution is -0.133. The smallest absolute Gasteiger partial charge is 0.240 e.